The van der Waals surface area contributed by atoms with Crippen molar-refractivity contribution in [2.24, 2.45) is 5.92 Å². The predicted octanol–water partition coefficient (Wildman–Crippen LogP) is 2.46. The quantitative estimate of drug-likeness (QED) is 0.452. The lowest BCUT2D eigenvalue weighted by Gasteiger charge is -2.22. The van der Waals surface area contributed by atoms with Crippen molar-refractivity contribution in [3.8, 4) is 0 Å². The molecule has 0 aliphatic carbocycles. The Labute approximate surface area is 187 Å². The van der Waals surface area contributed by atoms with E-state index in [0.29, 0.717) is 5.56 Å². The summed E-state index contributed by atoms with van der Waals surface area (Å²) in [5.41, 5.74) is 1.35. The van der Waals surface area contributed by atoms with Crippen molar-refractivity contribution in [3.63, 3.8) is 0 Å². The first kappa shape index (κ1) is 22.9. The van der Waals surface area contributed by atoms with Gasteiger partial charge in [0.15, 0.2) is 0 Å². The maximum Gasteiger partial charge on any atom is 0.252 e. The molecule has 7 heteroatoms. The van der Waals surface area contributed by atoms with Gasteiger partial charge in [-0.2, -0.15) is 0 Å². The summed E-state index contributed by atoms with van der Waals surface area (Å²) in [4.78, 5) is 41.1. The van der Waals surface area contributed by atoms with E-state index in [1.54, 1.807) is 18.3 Å². The third kappa shape index (κ3) is 6.38. The number of pyridine rings is 1. The number of hydrogen-bond acceptors (Lipinski definition) is 4. The second-order valence-electron chi connectivity index (χ2n) is 7.94. The molecule has 166 valence electrons. The van der Waals surface area contributed by atoms with Crippen LogP contribution in [0.1, 0.15) is 29.8 Å². The van der Waals surface area contributed by atoms with Crippen molar-refractivity contribution in [1.29, 1.82) is 0 Å². The minimum absolute atomic E-state index is 0.0828. The van der Waals surface area contributed by atoms with Crippen molar-refractivity contribution in [1.82, 2.24) is 20.9 Å². The predicted molar refractivity (Wildman–Crippen MR) is 124 cm³/mol. The molecule has 0 radical (unpaired) electrons. The molecule has 7 nitrogen and oxygen atoms in total. The second-order valence-corrected chi connectivity index (χ2v) is 7.94. The Morgan fingerprint density at radius 2 is 1.66 bits per heavy atom. The molecule has 0 fully saturated rings. The number of benzene rings is 2. The zero-order valence-electron chi connectivity index (χ0n) is 18.3. The van der Waals surface area contributed by atoms with Crippen LogP contribution in [-0.4, -0.2) is 41.8 Å². The van der Waals surface area contributed by atoms with Gasteiger partial charge in [-0.05, 0) is 34.4 Å². The van der Waals surface area contributed by atoms with E-state index < -0.39 is 6.04 Å². The van der Waals surface area contributed by atoms with E-state index in [9.17, 15) is 14.4 Å². The highest BCUT2D eigenvalue weighted by Crippen LogP contribution is 2.16. The molecular weight excluding hydrogens is 404 g/mol. The zero-order valence-corrected chi connectivity index (χ0v) is 18.3. The van der Waals surface area contributed by atoms with E-state index in [0.717, 1.165) is 16.3 Å². The molecule has 3 aromatic rings. The molecule has 0 bridgehead atoms. The Balaban J connectivity index is 1.48. The monoisotopic (exact) mass is 432 g/mol. The van der Waals surface area contributed by atoms with E-state index in [1.807, 2.05) is 56.3 Å². The Hall–Kier alpha value is -3.74. The molecule has 0 saturated heterocycles. The van der Waals surface area contributed by atoms with Crippen molar-refractivity contribution < 1.29 is 14.4 Å². The lowest BCUT2D eigenvalue weighted by molar-refractivity contribution is -0.129. The van der Waals surface area contributed by atoms with Gasteiger partial charge in [0, 0.05) is 25.5 Å². The van der Waals surface area contributed by atoms with Gasteiger partial charge in [-0.3, -0.25) is 19.4 Å². The van der Waals surface area contributed by atoms with Crippen molar-refractivity contribution >= 4 is 28.5 Å². The summed E-state index contributed by atoms with van der Waals surface area (Å²) in [5.74, 6) is -0.821. The van der Waals surface area contributed by atoms with Crippen LogP contribution in [0, 0.1) is 5.92 Å². The van der Waals surface area contributed by atoms with Gasteiger partial charge >= 0.3 is 0 Å². The van der Waals surface area contributed by atoms with Crippen LogP contribution in [-0.2, 0) is 16.0 Å². The Bertz CT molecular complexity index is 1080. The number of fused-ring (bicyclic) bond motifs is 1. The van der Waals surface area contributed by atoms with E-state index in [4.69, 9.17) is 0 Å². The number of amides is 3. The lowest BCUT2D eigenvalue weighted by atomic mass is 10.0. The van der Waals surface area contributed by atoms with Gasteiger partial charge in [0.25, 0.3) is 5.91 Å². The van der Waals surface area contributed by atoms with E-state index >= 15 is 0 Å². The van der Waals surface area contributed by atoms with Crippen LogP contribution in [0.25, 0.3) is 10.8 Å². The van der Waals surface area contributed by atoms with Gasteiger partial charge in [-0.1, -0.05) is 56.3 Å². The number of hydrogen-bond donors (Lipinski definition) is 3. The first-order chi connectivity index (χ1) is 15.4. The van der Waals surface area contributed by atoms with Crippen LogP contribution >= 0.6 is 0 Å². The summed E-state index contributed by atoms with van der Waals surface area (Å²) >= 11 is 0. The van der Waals surface area contributed by atoms with Gasteiger partial charge in [-0.15, -0.1) is 0 Å². The number of carbonyl (C=O) groups is 3. The first-order valence-corrected chi connectivity index (χ1v) is 10.7. The highest BCUT2D eigenvalue weighted by molar-refractivity contribution is 5.94. The van der Waals surface area contributed by atoms with Crippen LogP contribution in [0.3, 0.4) is 0 Å². The van der Waals surface area contributed by atoms with E-state index in [1.165, 1.54) is 6.20 Å². The molecule has 3 rings (SSSR count). The molecular formula is C25H28N4O3. The van der Waals surface area contributed by atoms with E-state index in [2.05, 4.69) is 20.9 Å². The highest BCUT2D eigenvalue weighted by atomic mass is 16.2. The number of carbonyl (C=O) groups excluding carboxylic acids is 3. The number of nitrogens with zero attached hydrogens (tertiary/aromatic N) is 1. The lowest BCUT2D eigenvalue weighted by Crippen LogP contribution is -2.51. The molecule has 1 unspecified atom stereocenters. The Morgan fingerprint density at radius 1 is 0.906 bits per heavy atom. The summed E-state index contributed by atoms with van der Waals surface area (Å²) in [6, 6.07) is 16.6. The fourth-order valence-electron chi connectivity index (χ4n) is 3.36. The summed E-state index contributed by atoms with van der Waals surface area (Å²) in [5, 5.41) is 10.5. The molecule has 2 aromatic carbocycles. The Kier molecular flexibility index (Phi) is 7.91. The van der Waals surface area contributed by atoms with Crippen LogP contribution in [0.4, 0.5) is 0 Å². The fourth-order valence-corrected chi connectivity index (χ4v) is 3.36. The summed E-state index contributed by atoms with van der Waals surface area (Å²) in [6.45, 7) is 4.29. The smallest absolute Gasteiger partial charge is 0.252 e. The number of rotatable bonds is 9. The van der Waals surface area contributed by atoms with Gasteiger partial charge in [0.05, 0.1) is 12.0 Å². The van der Waals surface area contributed by atoms with E-state index in [-0.39, 0.29) is 43.1 Å². The normalized spacial score (nSPS) is 11.7. The van der Waals surface area contributed by atoms with Crippen LogP contribution in [0.15, 0.2) is 67.0 Å². The standard InChI is InChI=1S/C25H28N4O3/c1-17(2)23(25(32)28-13-12-27-24(31)21-8-5-11-26-16-21)29-22(30)15-18-9-10-19-6-3-4-7-20(19)14-18/h3-11,14,16-17,23H,12-13,15H2,1-2H3,(H,27,31)(H,28,32)(H,29,30). The molecule has 0 spiro atoms. The number of nitrogens with one attached hydrogen (secondary N) is 3. The highest BCUT2D eigenvalue weighted by Gasteiger charge is 2.24. The van der Waals surface area contributed by atoms with Gasteiger partial charge in [0.1, 0.15) is 6.04 Å². The van der Waals surface area contributed by atoms with Crippen molar-refractivity contribution in [3.05, 3.63) is 78.1 Å². The van der Waals surface area contributed by atoms with Crippen LogP contribution in [0.5, 0.6) is 0 Å². The van der Waals surface area contributed by atoms with Gasteiger partial charge in [0.2, 0.25) is 11.8 Å². The summed E-state index contributed by atoms with van der Waals surface area (Å²) < 4.78 is 0. The third-order valence-corrected chi connectivity index (χ3v) is 5.08. The maximum atomic E-state index is 12.6. The van der Waals surface area contributed by atoms with Crippen molar-refractivity contribution in [2.75, 3.05) is 13.1 Å². The second kappa shape index (κ2) is 11.0. The summed E-state index contributed by atoms with van der Waals surface area (Å²) in [6.07, 6.45) is 3.27. The third-order valence-electron chi connectivity index (χ3n) is 5.08. The Morgan fingerprint density at radius 3 is 2.38 bits per heavy atom. The van der Waals surface area contributed by atoms with Crippen molar-refractivity contribution in [2.45, 2.75) is 26.3 Å². The minimum Gasteiger partial charge on any atom is -0.353 e. The SMILES string of the molecule is CC(C)C(NC(=O)Cc1ccc2ccccc2c1)C(=O)NCCNC(=O)c1cccnc1. The number of aromatic nitrogens is 1. The molecule has 1 heterocycles. The minimum atomic E-state index is -0.656. The molecule has 0 saturated carbocycles. The first-order valence-electron chi connectivity index (χ1n) is 10.7. The van der Waals surface area contributed by atoms with Gasteiger partial charge < -0.3 is 16.0 Å². The topological polar surface area (TPSA) is 100 Å². The summed E-state index contributed by atoms with van der Waals surface area (Å²) in [7, 11) is 0. The zero-order chi connectivity index (χ0) is 22.9. The van der Waals surface area contributed by atoms with Gasteiger partial charge in [-0.25, -0.2) is 0 Å². The average Bonchev–Trinajstić information content (AvgIpc) is 2.80. The largest absolute Gasteiger partial charge is 0.353 e. The van der Waals surface area contributed by atoms with Crippen LogP contribution in [0.2, 0.25) is 0 Å². The molecule has 0 aliphatic rings. The van der Waals surface area contributed by atoms with Crippen LogP contribution < -0.4 is 16.0 Å². The maximum absolute atomic E-state index is 12.6. The molecule has 3 N–H and O–H groups in total. The molecule has 32 heavy (non-hydrogen) atoms. The molecule has 0 aliphatic heterocycles. The molecule has 3 amide bonds. The molecule has 1 atom stereocenters. The molecule has 1 aromatic heterocycles. The fraction of sp³-hybridized carbons (Fsp3) is 0.280. The average molecular weight is 433 g/mol.